The molecule has 9 heteroatoms. The molecule has 1 aliphatic heterocycles. The van der Waals surface area contributed by atoms with Crippen LogP contribution in [0.3, 0.4) is 0 Å². The largest absolute Gasteiger partial charge is 0.350 e. The highest BCUT2D eigenvalue weighted by Crippen LogP contribution is 2.29. The summed E-state index contributed by atoms with van der Waals surface area (Å²) in [4.78, 5) is 9.78. The van der Waals surface area contributed by atoms with Crippen LogP contribution >= 0.6 is 0 Å². The number of rotatable bonds is 4. The molecule has 2 fully saturated rings. The third-order valence-electron chi connectivity index (χ3n) is 7.42. The number of fused-ring (bicyclic) bond motifs is 2. The number of nitrogens with zero attached hydrogens (tertiary/aromatic N) is 8. The molecule has 1 N–H and O–H groups in total. The Morgan fingerprint density at radius 2 is 1.76 bits per heavy atom. The number of likely N-dealkylation sites (N-methyl/N-ethyl adjacent to an activating group) is 1. The van der Waals surface area contributed by atoms with Crippen LogP contribution in [0.25, 0.3) is 27.7 Å². The highest BCUT2D eigenvalue weighted by atomic mass is 15.4. The molecule has 2 aliphatic rings. The third kappa shape index (κ3) is 3.95. The van der Waals surface area contributed by atoms with Crippen LogP contribution in [0.15, 0.2) is 36.7 Å². The van der Waals surface area contributed by atoms with E-state index in [0.29, 0.717) is 12.0 Å². The van der Waals surface area contributed by atoms with E-state index in [1.807, 2.05) is 30.0 Å². The van der Waals surface area contributed by atoms with Crippen molar-refractivity contribution in [3.05, 3.63) is 36.7 Å². The van der Waals surface area contributed by atoms with Crippen molar-refractivity contribution in [2.24, 2.45) is 7.05 Å². The van der Waals surface area contributed by atoms with Gasteiger partial charge in [-0.1, -0.05) is 11.3 Å². The number of hydrogen-bond acceptors (Lipinski definition) is 7. The van der Waals surface area contributed by atoms with Gasteiger partial charge in [-0.05, 0) is 56.5 Å². The molecule has 4 heterocycles. The molecular formula is C24H31N9. The summed E-state index contributed by atoms with van der Waals surface area (Å²) in [6.45, 7) is 4.80. The number of piperazine rings is 1. The molecule has 1 aromatic carbocycles. The van der Waals surface area contributed by atoms with Gasteiger partial charge in [0.2, 0.25) is 5.95 Å². The Kier molecular flexibility index (Phi) is 5.22. The van der Waals surface area contributed by atoms with Crippen LogP contribution in [0, 0.1) is 0 Å². The van der Waals surface area contributed by atoms with E-state index < -0.39 is 0 Å². The van der Waals surface area contributed by atoms with Crippen LogP contribution < -0.4 is 5.32 Å². The number of aromatic nitrogens is 6. The minimum absolute atomic E-state index is 0.445. The molecular weight excluding hydrogens is 414 g/mol. The van der Waals surface area contributed by atoms with E-state index >= 15 is 0 Å². The Morgan fingerprint density at radius 3 is 2.58 bits per heavy atom. The molecule has 0 spiro atoms. The van der Waals surface area contributed by atoms with Gasteiger partial charge in [0.05, 0.1) is 17.2 Å². The summed E-state index contributed by atoms with van der Waals surface area (Å²) in [5.74, 6) is 0.707. The van der Waals surface area contributed by atoms with E-state index in [0.717, 1.165) is 33.7 Å². The molecule has 33 heavy (non-hydrogen) atoms. The van der Waals surface area contributed by atoms with Gasteiger partial charge < -0.3 is 10.2 Å². The highest BCUT2D eigenvalue weighted by Gasteiger charge is 2.28. The average molecular weight is 446 g/mol. The van der Waals surface area contributed by atoms with E-state index in [2.05, 4.69) is 55.7 Å². The maximum Gasteiger partial charge on any atom is 0.241 e. The fourth-order valence-corrected chi connectivity index (χ4v) is 5.36. The summed E-state index contributed by atoms with van der Waals surface area (Å²) in [7, 11) is 4.14. The summed E-state index contributed by atoms with van der Waals surface area (Å²) in [6, 6.07) is 9.49. The Balaban J connectivity index is 1.14. The Hall–Kier alpha value is -3.04. The van der Waals surface area contributed by atoms with Crippen LogP contribution in [0.2, 0.25) is 0 Å². The van der Waals surface area contributed by atoms with E-state index in [1.54, 1.807) is 4.68 Å². The summed E-state index contributed by atoms with van der Waals surface area (Å²) in [5.41, 5.74) is 5.13. The molecule has 1 aliphatic carbocycles. The predicted octanol–water partition coefficient (Wildman–Crippen LogP) is 2.65. The van der Waals surface area contributed by atoms with Crippen molar-refractivity contribution in [1.82, 2.24) is 39.4 Å². The minimum Gasteiger partial charge on any atom is -0.350 e. The van der Waals surface area contributed by atoms with Crippen LogP contribution in [-0.4, -0.2) is 84.7 Å². The SMILES string of the molecule is CN1CCN(C2CCC(Nc3ncc4c(-c5ccc6nnn(C)c6c5)ccn4n3)CC2)CC1. The summed E-state index contributed by atoms with van der Waals surface area (Å²) < 4.78 is 3.72. The third-order valence-corrected chi connectivity index (χ3v) is 7.42. The van der Waals surface area contributed by atoms with Crippen molar-refractivity contribution < 1.29 is 0 Å². The van der Waals surface area contributed by atoms with Gasteiger partial charge in [-0.25, -0.2) is 14.2 Å². The highest BCUT2D eigenvalue weighted by molar-refractivity contribution is 5.87. The molecule has 3 aromatic heterocycles. The van der Waals surface area contributed by atoms with Crippen molar-refractivity contribution in [1.29, 1.82) is 0 Å². The van der Waals surface area contributed by atoms with Gasteiger partial charge in [0.15, 0.2) is 0 Å². The van der Waals surface area contributed by atoms with Gasteiger partial charge in [0.25, 0.3) is 0 Å². The maximum absolute atomic E-state index is 4.75. The second-order valence-corrected chi connectivity index (χ2v) is 9.55. The smallest absolute Gasteiger partial charge is 0.241 e. The van der Waals surface area contributed by atoms with Crippen molar-refractivity contribution >= 4 is 22.5 Å². The monoisotopic (exact) mass is 445 g/mol. The predicted molar refractivity (Wildman–Crippen MR) is 129 cm³/mol. The summed E-state index contributed by atoms with van der Waals surface area (Å²) in [6.07, 6.45) is 8.78. The van der Waals surface area contributed by atoms with E-state index in [4.69, 9.17) is 5.10 Å². The lowest BCUT2D eigenvalue weighted by Crippen LogP contribution is -2.50. The number of hydrogen-bond donors (Lipinski definition) is 1. The van der Waals surface area contributed by atoms with Gasteiger partial charge in [-0.2, -0.15) is 0 Å². The molecule has 172 valence electrons. The average Bonchev–Trinajstić information content (AvgIpc) is 3.43. The van der Waals surface area contributed by atoms with Crippen molar-refractivity contribution in [3.8, 4) is 11.1 Å². The van der Waals surface area contributed by atoms with Gasteiger partial charge in [-0.15, -0.1) is 10.2 Å². The zero-order chi connectivity index (χ0) is 22.4. The number of anilines is 1. The quantitative estimate of drug-likeness (QED) is 0.517. The van der Waals surface area contributed by atoms with Crippen LogP contribution in [-0.2, 0) is 7.05 Å². The van der Waals surface area contributed by atoms with E-state index in [9.17, 15) is 0 Å². The Morgan fingerprint density at radius 1 is 0.939 bits per heavy atom. The van der Waals surface area contributed by atoms with Gasteiger partial charge in [0.1, 0.15) is 5.52 Å². The minimum atomic E-state index is 0.445. The van der Waals surface area contributed by atoms with Gasteiger partial charge in [-0.3, -0.25) is 4.90 Å². The van der Waals surface area contributed by atoms with Crippen molar-refractivity contribution in [3.63, 3.8) is 0 Å². The normalized spacial score (nSPS) is 22.8. The number of nitrogens with one attached hydrogen (secondary N) is 1. The molecule has 1 saturated carbocycles. The first-order valence-electron chi connectivity index (χ1n) is 12.0. The Labute approximate surface area is 193 Å². The fourth-order valence-electron chi connectivity index (χ4n) is 5.36. The number of benzene rings is 1. The first-order chi connectivity index (χ1) is 16.1. The second kappa shape index (κ2) is 8.39. The lowest BCUT2D eigenvalue weighted by atomic mass is 9.90. The lowest BCUT2D eigenvalue weighted by Gasteiger charge is -2.41. The van der Waals surface area contributed by atoms with Crippen LogP contribution in [0.1, 0.15) is 25.7 Å². The molecule has 6 rings (SSSR count). The van der Waals surface area contributed by atoms with Crippen molar-refractivity contribution in [2.45, 2.75) is 37.8 Å². The zero-order valence-corrected chi connectivity index (χ0v) is 19.4. The van der Waals surface area contributed by atoms with Crippen LogP contribution in [0.4, 0.5) is 5.95 Å². The van der Waals surface area contributed by atoms with Gasteiger partial charge >= 0.3 is 0 Å². The van der Waals surface area contributed by atoms with Crippen molar-refractivity contribution in [2.75, 3.05) is 38.5 Å². The first kappa shape index (κ1) is 20.6. The molecule has 0 atom stereocenters. The van der Waals surface area contributed by atoms with Gasteiger partial charge in [0, 0.05) is 57.1 Å². The summed E-state index contributed by atoms with van der Waals surface area (Å²) in [5, 5.41) is 16.6. The standard InChI is InChI=1S/C24H31N9/c1-30-11-13-32(14-12-30)19-6-4-18(5-7-19)26-24-25-16-23-20(9-10-33(23)28-24)17-3-8-21-22(15-17)31(2)29-27-21/h3,8-10,15-16,18-19H,4-7,11-14H2,1-2H3,(H,26,28). The topological polar surface area (TPSA) is 79.4 Å². The van der Waals surface area contributed by atoms with E-state index in [-0.39, 0.29) is 0 Å². The molecule has 4 aromatic rings. The second-order valence-electron chi connectivity index (χ2n) is 9.55. The Bertz CT molecular complexity index is 1260. The lowest BCUT2D eigenvalue weighted by molar-refractivity contribution is 0.0893. The molecule has 0 unspecified atom stereocenters. The zero-order valence-electron chi connectivity index (χ0n) is 19.4. The molecule has 0 bridgehead atoms. The fraction of sp³-hybridized carbons (Fsp3) is 0.500. The summed E-state index contributed by atoms with van der Waals surface area (Å²) >= 11 is 0. The van der Waals surface area contributed by atoms with Crippen LogP contribution in [0.5, 0.6) is 0 Å². The maximum atomic E-state index is 4.75. The molecule has 1 saturated heterocycles. The molecule has 0 amide bonds. The number of aryl methyl sites for hydroxylation is 1. The first-order valence-corrected chi connectivity index (χ1v) is 12.0. The molecule has 9 nitrogen and oxygen atoms in total. The van der Waals surface area contributed by atoms with E-state index in [1.165, 1.54) is 51.9 Å². The molecule has 0 radical (unpaired) electrons.